The Labute approximate surface area is 187 Å². The zero-order chi connectivity index (χ0) is 22.2. The number of thiophene rings is 1. The van der Waals surface area contributed by atoms with Crippen LogP contribution in [-0.2, 0) is 17.5 Å². The number of hydrogen-bond donors (Lipinski definition) is 0. The zero-order valence-electron chi connectivity index (χ0n) is 15.9. The van der Waals surface area contributed by atoms with Crippen LogP contribution in [0.5, 0.6) is 5.75 Å². The van der Waals surface area contributed by atoms with Gasteiger partial charge in [0.1, 0.15) is 23.7 Å². The van der Waals surface area contributed by atoms with Crippen LogP contribution in [0.1, 0.15) is 20.8 Å². The number of carbonyl (C=O) groups is 1. The lowest BCUT2D eigenvalue weighted by Crippen LogP contribution is -2.11. The van der Waals surface area contributed by atoms with Gasteiger partial charge < -0.3 is 9.47 Å². The SMILES string of the molecule is COC(=O)c1sc(-n2cnc3ccc(Br)cc32)cc1OCc1ccccc1C(F)(F)F. The van der Waals surface area contributed by atoms with Crippen molar-refractivity contribution in [1.82, 2.24) is 9.55 Å². The number of imidazole rings is 1. The molecule has 0 aliphatic rings. The summed E-state index contributed by atoms with van der Waals surface area (Å²) < 4.78 is 52.9. The summed E-state index contributed by atoms with van der Waals surface area (Å²) in [6.07, 6.45) is -2.90. The van der Waals surface area contributed by atoms with Crippen molar-refractivity contribution in [1.29, 1.82) is 0 Å². The number of alkyl halides is 3. The van der Waals surface area contributed by atoms with E-state index in [1.807, 2.05) is 18.2 Å². The molecule has 0 bridgehead atoms. The molecule has 4 rings (SSSR count). The van der Waals surface area contributed by atoms with Crippen molar-refractivity contribution in [2.75, 3.05) is 7.11 Å². The molecule has 10 heteroatoms. The number of nitrogens with zero attached hydrogens (tertiary/aromatic N) is 2. The zero-order valence-corrected chi connectivity index (χ0v) is 18.3. The predicted octanol–water partition coefficient (Wildman–Crippen LogP) is 6.23. The van der Waals surface area contributed by atoms with Crippen LogP contribution in [0.15, 0.2) is 59.3 Å². The summed E-state index contributed by atoms with van der Waals surface area (Å²) in [6.45, 7) is -0.355. The van der Waals surface area contributed by atoms with E-state index in [9.17, 15) is 18.0 Å². The van der Waals surface area contributed by atoms with Crippen LogP contribution in [0.2, 0.25) is 0 Å². The minimum atomic E-state index is -4.51. The molecule has 31 heavy (non-hydrogen) atoms. The third-order valence-electron chi connectivity index (χ3n) is 4.51. The molecular formula is C21H14BrF3N2O3S. The van der Waals surface area contributed by atoms with Gasteiger partial charge in [0.2, 0.25) is 0 Å². The number of halogens is 4. The Morgan fingerprint density at radius 2 is 1.97 bits per heavy atom. The minimum absolute atomic E-state index is 0.0319. The smallest absolute Gasteiger partial charge is 0.416 e. The van der Waals surface area contributed by atoms with E-state index in [-0.39, 0.29) is 22.8 Å². The maximum Gasteiger partial charge on any atom is 0.416 e. The second kappa shape index (κ2) is 8.35. The van der Waals surface area contributed by atoms with E-state index in [0.29, 0.717) is 5.00 Å². The van der Waals surface area contributed by atoms with E-state index >= 15 is 0 Å². The van der Waals surface area contributed by atoms with Crippen molar-refractivity contribution in [2.45, 2.75) is 12.8 Å². The van der Waals surface area contributed by atoms with Gasteiger partial charge in [-0.25, -0.2) is 9.78 Å². The normalized spacial score (nSPS) is 11.6. The molecule has 5 nitrogen and oxygen atoms in total. The Morgan fingerprint density at radius 3 is 2.71 bits per heavy atom. The molecule has 2 heterocycles. The average molecular weight is 511 g/mol. The molecule has 160 valence electrons. The monoisotopic (exact) mass is 510 g/mol. The Kier molecular flexibility index (Phi) is 5.76. The van der Waals surface area contributed by atoms with E-state index in [2.05, 4.69) is 20.9 Å². The number of rotatable bonds is 5. The predicted molar refractivity (Wildman–Crippen MR) is 114 cm³/mol. The van der Waals surface area contributed by atoms with Crippen molar-refractivity contribution >= 4 is 44.3 Å². The molecule has 0 fully saturated rings. The average Bonchev–Trinajstić information content (AvgIpc) is 3.34. The summed E-state index contributed by atoms with van der Waals surface area (Å²) in [4.78, 5) is 16.8. The minimum Gasteiger partial charge on any atom is -0.487 e. The number of benzene rings is 2. The van der Waals surface area contributed by atoms with Crippen LogP contribution in [0.4, 0.5) is 13.2 Å². The summed E-state index contributed by atoms with van der Waals surface area (Å²) in [7, 11) is 1.23. The van der Waals surface area contributed by atoms with Crippen LogP contribution in [0.3, 0.4) is 0 Å². The van der Waals surface area contributed by atoms with E-state index in [4.69, 9.17) is 9.47 Å². The van der Waals surface area contributed by atoms with Gasteiger partial charge in [0.25, 0.3) is 0 Å². The summed E-state index contributed by atoms with van der Waals surface area (Å²) >= 11 is 4.52. The quantitative estimate of drug-likeness (QED) is 0.298. The second-order valence-electron chi connectivity index (χ2n) is 6.46. The molecule has 0 atom stereocenters. The fourth-order valence-corrected chi connectivity index (χ4v) is 4.41. The van der Waals surface area contributed by atoms with Crippen LogP contribution in [0, 0.1) is 0 Å². The molecule has 0 radical (unpaired) electrons. The molecule has 0 saturated heterocycles. The lowest BCUT2D eigenvalue weighted by Gasteiger charge is -2.13. The van der Waals surface area contributed by atoms with E-state index in [0.717, 1.165) is 32.9 Å². The van der Waals surface area contributed by atoms with Crippen LogP contribution in [0.25, 0.3) is 16.0 Å². The highest BCUT2D eigenvalue weighted by molar-refractivity contribution is 9.10. The van der Waals surface area contributed by atoms with Gasteiger partial charge in [-0.2, -0.15) is 13.2 Å². The molecule has 0 amide bonds. The molecule has 0 unspecified atom stereocenters. The standard InChI is InChI=1S/C21H14BrF3N2O3S/c1-29-20(28)19-17(30-10-12-4-2-3-5-14(12)21(23,24)25)9-18(31-19)27-11-26-15-7-6-13(22)8-16(15)27/h2-9,11H,10H2,1H3. The van der Waals surface area contributed by atoms with Crippen molar-refractivity contribution < 1.29 is 27.4 Å². The maximum atomic E-state index is 13.3. The molecule has 0 aliphatic carbocycles. The first-order valence-corrected chi connectivity index (χ1v) is 10.5. The highest BCUT2D eigenvalue weighted by atomic mass is 79.9. The van der Waals surface area contributed by atoms with Gasteiger partial charge in [0.15, 0.2) is 4.88 Å². The van der Waals surface area contributed by atoms with Crippen LogP contribution >= 0.6 is 27.3 Å². The van der Waals surface area contributed by atoms with Crippen molar-refractivity contribution in [3.8, 4) is 10.8 Å². The first kappa shape index (κ1) is 21.4. The fourth-order valence-electron chi connectivity index (χ4n) is 3.06. The summed E-state index contributed by atoms with van der Waals surface area (Å²) in [6, 6.07) is 12.3. The number of fused-ring (bicyclic) bond motifs is 1. The Hall–Kier alpha value is -2.85. The molecule has 0 spiro atoms. The van der Waals surface area contributed by atoms with Gasteiger partial charge in [0, 0.05) is 16.1 Å². The number of carbonyl (C=O) groups excluding carboxylic acids is 1. The van der Waals surface area contributed by atoms with Crippen molar-refractivity contribution in [3.63, 3.8) is 0 Å². The van der Waals surface area contributed by atoms with Crippen molar-refractivity contribution in [3.05, 3.63) is 75.3 Å². The molecule has 4 aromatic rings. The van der Waals surface area contributed by atoms with Gasteiger partial charge in [-0.3, -0.25) is 4.57 Å². The van der Waals surface area contributed by atoms with Gasteiger partial charge in [-0.05, 0) is 24.3 Å². The fraction of sp³-hybridized carbons (Fsp3) is 0.143. The highest BCUT2D eigenvalue weighted by Crippen LogP contribution is 2.36. The second-order valence-corrected chi connectivity index (χ2v) is 8.41. The van der Waals surface area contributed by atoms with Gasteiger partial charge in [-0.1, -0.05) is 34.1 Å². The molecular weight excluding hydrogens is 497 g/mol. The molecule has 2 aromatic carbocycles. The third-order valence-corrected chi connectivity index (χ3v) is 6.10. The summed E-state index contributed by atoms with van der Waals surface area (Å²) in [5.74, 6) is -0.498. The number of hydrogen-bond acceptors (Lipinski definition) is 5. The van der Waals surface area contributed by atoms with Gasteiger partial charge in [0.05, 0.1) is 23.7 Å². The van der Waals surface area contributed by atoms with Crippen molar-refractivity contribution in [2.24, 2.45) is 0 Å². The lowest BCUT2D eigenvalue weighted by molar-refractivity contribution is -0.138. The van der Waals surface area contributed by atoms with Crippen LogP contribution in [-0.4, -0.2) is 22.6 Å². The lowest BCUT2D eigenvalue weighted by atomic mass is 10.1. The highest BCUT2D eigenvalue weighted by Gasteiger charge is 2.33. The molecule has 0 N–H and O–H groups in total. The Bertz CT molecular complexity index is 1270. The molecule has 2 aromatic heterocycles. The number of esters is 1. The largest absolute Gasteiger partial charge is 0.487 e. The Morgan fingerprint density at radius 1 is 1.19 bits per heavy atom. The maximum absolute atomic E-state index is 13.3. The number of ether oxygens (including phenoxy) is 2. The van der Waals surface area contributed by atoms with E-state index in [1.54, 1.807) is 17.0 Å². The first-order valence-electron chi connectivity index (χ1n) is 8.91. The van der Waals surface area contributed by atoms with E-state index < -0.39 is 17.7 Å². The first-order chi connectivity index (χ1) is 14.8. The molecule has 0 aliphatic heterocycles. The topological polar surface area (TPSA) is 53.4 Å². The Balaban J connectivity index is 1.71. The number of aromatic nitrogens is 2. The summed E-state index contributed by atoms with van der Waals surface area (Å²) in [5.41, 5.74) is 0.727. The van der Waals surface area contributed by atoms with Crippen LogP contribution < -0.4 is 4.74 Å². The third kappa shape index (κ3) is 4.31. The molecule has 0 saturated carbocycles. The summed E-state index contributed by atoms with van der Waals surface area (Å²) in [5, 5.41) is 0.611. The number of methoxy groups -OCH3 is 1. The van der Waals surface area contributed by atoms with Gasteiger partial charge >= 0.3 is 12.1 Å². The van der Waals surface area contributed by atoms with E-state index in [1.165, 1.54) is 25.3 Å². The van der Waals surface area contributed by atoms with Gasteiger partial charge in [-0.15, -0.1) is 11.3 Å².